The first-order valence-corrected chi connectivity index (χ1v) is 11.9. The molecule has 3 aromatic rings. The van der Waals surface area contributed by atoms with E-state index in [0.29, 0.717) is 5.56 Å². The van der Waals surface area contributed by atoms with Gasteiger partial charge in [0.25, 0.3) is 0 Å². The van der Waals surface area contributed by atoms with Crippen LogP contribution in [0.15, 0.2) is 43.0 Å². The summed E-state index contributed by atoms with van der Waals surface area (Å²) in [6.45, 7) is 0.0508. The molecule has 4 rings (SSSR count). The number of hydrogen-bond donors (Lipinski definition) is 3. The highest BCUT2D eigenvalue weighted by Crippen LogP contribution is 2.27. The second kappa shape index (κ2) is 10.1. The number of ketones is 1. The van der Waals surface area contributed by atoms with Gasteiger partial charge >= 0.3 is 10.3 Å². The van der Waals surface area contributed by atoms with Crippen LogP contribution in [0, 0.1) is 11.6 Å². The van der Waals surface area contributed by atoms with Crippen molar-refractivity contribution in [1.82, 2.24) is 24.5 Å². The van der Waals surface area contributed by atoms with Crippen LogP contribution in [-0.2, 0) is 21.0 Å². The molecule has 3 N–H and O–H groups in total. The van der Waals surface area contributed by atoms with Crippen LogP contribution < -0.4 is 10.0 Å². The Balaban J connectivity index is 1.47. The van der Waals surface area contributed by atoms with Crippen LogP contribution in [0.2, 0.25) is 0 Å². The van der Waals surface area contributed by atoms with Crippen molar-refractivity contribution in [3.8, 4) is 0 Å². The van der Waals surface area contributed by atoms with Gasteiger partial charge in [-0.3, -0.25) is 13.7 Å². The van der Waals surface area contributed by atoms with Gasteiger partial charge in [-0.2, -0.15) is 18.2 Å². The summed E-state index contributed by atoms with van der Waals surface area (Å²) < 4.78 is 58.5. The average molecular weight is 509 g/mol. The second-order valence-electron chi connectivity index (χ2n) is 7.96. The molecule has 2 heterocycles. The van der Waals surface area contributed by atoms with Crippen LogP contribution in [0.4, 0.5) is 14.6 Å². The summed E-state index contributed by atoms with van der Waals surface area (Å²) in [6, 6.07) is 4.15. The van der Waals surface area contributed by atoms with Gasteiger partial charge in [0.1, 0.15) is 35.6 Å². The van der Waals surface area contributed by atoms with Crippen molar-refractivity contribution in [2.45, 2.75) is 37.6 Å². The van der Waals surface area contributed by atoms with Gasteiger partial charge in [-0.25, -0.2) is 18.7 Å². The number of anilines is 1. The lowest BCUT2D eigenvalue weighted by atomic mass is 10.1. The van der Waals surface area contributed by atoms with E-state index in [2.05, 4.69) is 20.4 Å². The monoisotopic (exact) mass is 508 g/mol. The van der Waals surface area contributed by atoms with E-state index in [1.807, 2.05) is 4.72 Å². The quantitative estimate of drug-likeness (QED) is 0.360. The molecule has 1 aliphatic carbocycles. The Bertz CT molecular complexity index is 1310. The van der Waals surface area contributed by atoms with Crippen molar-refractivity contribution < 1.29 is 31.3 Å². The molecule has 1 aromatic carbocycles. The first-order valence-electron chi connectivity index (χ1n) is 10.5. The fraction of sp³-hybridized carbons (Fsp3) is 0.333. The van der Waals surface area contributed by atoms with E-state index in [1.54, 1.807) is 0 Å². The van der Waals surface area contributed by atoms with Crippen LogP contribution in [0.5, 0.6) is 0 Å². The number of rotatable bonds is 9. The number of carbonyl (C=O) groups excluding carboxylic acids is 1. The number of carbonyl (C=O) groups is 1. The van der Waals surface area contributed by atoms with Gasteiger partial charge < -0.3 is 10.4 Å². The molecule has 1 saturated carbocycles. The average Bonchev–Trinajstić information content (AvgIpc) is 3.39. The highest BCUT2D eigenvalue weighted by atomic mass is 32.2. The summed E-state index contributed by atoms with van der Waals surface area (Å²) in [7, 11) is -2.79. The minimum absolute atomic E-state index is 0.0508. The summed E-state index contributed by atoms with van der Waals surface area (Å²) >= 11 is 0. The number of nitrogens with zero attached hydrogens (tertiary/aromatic N) is 4. The molecule has 0 unspecified atom stereocenters. The lowest BCUT2D eigenvalue weighted by Crippen LogP contribution is -2.31. The Morgan fingerprint density at radius 1 is 1.26 bits per heavy atom. The predicted octanol–water partition coefficient (Wildman–Crippen LogP) is 1.02. The molecular formula is C21H22F2N6O5S. The van der Waals surface area contributed by atoms with Gasteiger partial charge in [0.15, 0.2) is 0 Å². The van der Waals surface area contributed by atoms with Gasteiger partial charge in [0.05, 0.1) is 18.2 Å². The third-order valence-electron chi connectivity index (χ3n) is 5.41. The van der Waals surface area contributed by atoms with Crippen molar-refractivity contribution in [2.75, 3.05) is 12.4 Å². The second-order valence-corrected chi connectivity index (χ2v) is 9.47. The van der Waals surface area contributed by atoms with Crippen LogP contribution in [0.1, 0.15) is 34.5 Å². The summed E-state index contributed by atoms with van der Waals surface area (Å²) in [5.41, 5.74) is 0.510. The molecule has 0 bridgehead atoms. The first kappa shape index (κ1) is 24.8. The summed E-state index contributed by atoms with van der Waals surface area (Å²) in [5.74, 6) is -1.75. The molecule has 0 amide bonds. The van der Waals surface area contributed by atoms with Crippen molar-refractivity contribution >= 4 is 21.9 Å². The number of aliphatic hydroxyl groups excluding tert-OH is 1. The Labute approximate surface area is 199 Å². The molecule has 14 heteroatoms. The summed E-state index contributed by atoms with van der Waals surface area (Å²) in [4.78, 5) is 21.1. The third-order valence-corrected chi connectivity index (χ3v) is 6.41. The number of nitrogens with one attached hydrogen (secondary N) is 2. The van der Waals surface area contributed by atoms with E-state index in [1.165, 1.54) is 48.6 Å². The van der Waals surface area contributed by atoms with Crippen LogP contribution in [0.3, 0.4) is 0 Å². The lowest BCUT2D eigenvalue weighted by Gasteiger charge is -2.15. The Morgan fingerprint density at radius 3 is 2.71 bits per heavy atom. The van der Waals surface area contributed by atoms with Crippen molar-refractivity contribution in [2.24, 2.45) is 0 Å². The number of hydrogen-bond acceptors (Lipinski definition) is 9. The first-order chi connectivity index (χ1) is 16.6. The van der Waals surface area contributed by atoms with E-state index in [0.717, 1.165) is 6.07 Å². The van der Waals surface area contributed by atoms with Gasteiger partial charge in [0, 0.05) is 31.5 Å². The largest absolute Gasteiger partial charge is 0.390 e. The molecule has 3 atom stereocenters. The Hall–Kier alpha value is -3.33. The lowest BCUT2D eigenvalue weighted by molar-refractivity contribution is 0.0636. The van der Waals surface area contributed by atoms with Crippen molar-refractivity contribution in [3.63, 3.8) is 0 Å². The van der Waals surface area contributed by atoms with E-state index >= 15 is 0 Å². The molecule has 11 nitrogen and oxygen atoms in total. The molecule has 0 saturated heterocycles. The highest BCUT2D eigenvalue weighted by molar-refractivity contribution is 7.84. The standard InChI is InChI=1S/C21H22F2N6O5S/c1-24-35(32,33)34-19-8-15(7-18(19)30)27-21-16(9-25-11-26-21)20(31)17-2-3-29(28-17)10-12-4-13(22)6-14(23)5-12/h2-6,9,11,15,18-19,24,30H,7-8,10H2,1H3,(H,25,26,27)/t15-,18+,19-/m1/s1. The zero-order chi connectivity index (χ0) is 25.2. The van der Waals surface area contributed by atoms with E-state index in [9.17, 15) is 27.1 Å². The number of benzene rings is 1. The smallest absolute Gasteiger partial charge is 0.335 e. The molecular weight excluding hydrogens is 486 g/mol. The van der Waals surface area contributed by atoms with E-state index in [4.69, 9.17) is 4.18 Å². The maximum Gasteiger partial charge on any atom is 0.335 e. The summed E-state index contributed by atoms with van der Waals surface area (Å²) in [6.07, 6.45) is 2.36. The van der Waals surface area contributed by atoms with Crippen LogP contribution >= 0.6 is 0 Å². The van der Waals surface area contributed by atoms with Crippen LogP contribution in [0.25, 0.3) is 0 Å². The maximum atomic E-state index is 13.4. The fourth-order valence-electron chi connectivity index (χ4n) is 3.81. The fourth-order valence-corrected chi connectivity index (χ4v) is 4.44. The molecule has 0 aliphatic heterocycles. The highest BCUT2D eigenvalue weighted by Gasteiger charge is 2.37. The van der Waals surface area contributed by atoms with Crippen molar-refractivity contribution in [1.29, 1.82) is 0 Å². The predicted molar refractivity (Wildman–Crippen MR) is 119 cm³/mol. The van der Waals surface area contributed by atoms with Gasteiger partial charge in [-0.15, -0.1) is 0 Å². The SMILES string of the molecule is CNS(=O)(=O)O[C@@H]1C[C@H](Nc2ncncc2C(=O)c2ccn(Cc3cc(F)cc(F)c3)n2)C[C@@H]1O. The minimum atomic E-state index is -3.98. The normalized spacial score (nSPS) is 20.2. The molecule has 1 aliphatic rings. The molecule has 1 fully saturated rings. The number of halogens is 2. The summed E-state index contributed by atoms with van der Waals surface area (Å²) in [5, 5.41) is 17.4. The van der Waals surface area contributed by atoms with E-state index in [-0.39, 0.29) is 36.5 Å². The Morgan fingerprint density at radius 2 is 2.00 bits per heavy atom. The maximum absolute atomic E-state index is 13.4. The number of aliphatic hydroxyl groups is 1. The van der Waals surface area contributed by atoms with Gasteiger partial charge in [0.2, 0.25) is 5.78 Å². The zero-order valence-corrected chi connectivity index (χ0v) is 19.2. The Kier molecular flexibility index (Phi) is 7.16. The molecule has 2 aromatic heterocycles. The third kappa shape index (κ3) is 6.03. The van der Waals surface area contributed by atoms with Gasteiger partial charge in [-0.1, -0.05) is 0 Å². The minimum Gasteiger partial charge on any atom is -0.390 e. The van der Waals surface area contributed by atoms with Gasteiger partial charge in [-0.05, 0) is 36.6 Å². The topological polar surface area (TPSA) is 148 Å². The number of aromatic nitrogens is 4. The van der Waals surface area contributed by atoms with Crippen molar-refractivity contribution in [3.05, 3.63) is 71.4 Å². The van der Waals surface area contributed by atoms with E-state index < -0.39 is 46.0 Å². The molecule has 186 valence electrons. The zero-order valence-electron chi connectivity index (χ0n) is 18.4. The molecule has 35 heavy (non-hydrogen) atoms. The molecule has 0 radical (unpaired) electrons. The van der Waals surface area contributed by atoms with Crippen LogP contribution in [-0.4, -0.2) is 64.4 Å². The molecule has 0 spiro atoms.